The third-order valence-electron chi connectivity index (χ3n) is 2.00. The molecule has 1 N–H and O–H groups in total. The molecule has 0 aromatic carbocycles. The summed E-state index contributed by atoms with van der Waals surface area (Å²) in [7, 11) is 3.14. The molecule has 0 saturated heterocycles. The van der Waals surface area contributed by atoms with Gasteiger partial charge in [0, 0.05) is 19.8 Å². The SMILES string of the molecule is COC(=O)c1ccc(N(C)CCO)nc1. The summed E-state index contributed by atoms with van der Waals surface area (Å²) in [5.41, 5.74) is 0.415. The molecule has 0 bridgehead atoms. The van der Waals surface area contributed by atoms with Gasteiger partial charge < -0.3 is 14.7 Å². The monoisotopic (exact) mass is 210 g/mol. The summed E-state index contributed by atoms with van der Waals surface area (Å²) in [5.74, 6) is 0.301. The Kier molecular flexibility index (Phi) is 4.05. The van der Waals surface area contributed by atoms with Crippen molar-refractivity contribution in [1.29, 1.82) is 0 Å². The molecular weight excluding hydrogens is 196 g/mol. The van der Waals surface area contributed by atoms with E-state index in [4.69, 9.17) is 5.11 Å². The Hall–Kier alpha value is -1.62. The molecule has 0 atom stereocenters. The van der Waals surface area contributed by atoms with Crippen LogP contribution in [0.3, 0.4) is 0 Å². The van der Waals surface area contributed by atoms with Crippen LogP contribution in [-0.2, 0) is 4.74 Å². The van der Waals surface area contributed by atoms with Gasteiger partial charge in [0.25, 0.3) is 0 Å². The molecule has 0 spiro atoms. The largest absolute Gasteiger partial charge is 0.465 e. The number of aliphatic hydroxyl groups excluding tert-OH is 1. The van der Waals surface area contributed by atoms with Crippen molar-refractivity contribution in [2.45, 2.75) is 0 Å². The predicted molar refractivity (Wildman–Crippen MR) is 55.9 cm³/mol. The molecule has 5 nitrogen and oxygen atoms in total. The molecule has 0 fully saturated rings. The van der Waals surface area contributed by atoms with E-state index in [1.807, 2.05) is 7.05 Å². The number of hydrogen-bond acceptors (Lipinski definition) is 5. The number of aromatic nitrogens is 1. The van der Waals surface area contributed by atoms with Gasteiger partial charge in [-0.3, -0.25) is 0 Å². The van der Waals surface area contributed by atoms with Gasteiger partial charge >= 0.3 is 5.97 Å². The van der Waals surface area contributed by atoms with Gasteiger partial charge in [-0.1, -0.05) is 0 Å². The molecule has 0 aliphatic heterocycles. The molecular formula is C10H14N2O3. The van der Waals surface area contributed by atoms with Crippen molar-refractivity contribution < 1.29 is 14.6 Å². The zero-order chi connectivity index (χ0) is 11.3. The highest BCUT2D eigenvalue weighted by molar-refractivity contribution is 5.89. The number of aliphatic hydroxyl groups is 1. The fourth-order valence-electron chi connectivity index (χ4n) is 1.12. The van der Waals surface area contributed by atoms with Crippen molar-refractivity contribution in [3.05, 3.63) is 23.9 Å². The van der Waals surface area contributed by atoms with Crippen LogP contribution in [0.25, 0.3) is 0 Å². The lowest BCUT2D eigenvalue weighted by Crippen LogP contribution is -2.22. The van der Waals surface area contributed by atoms with Crippen LogP contribution in [0.15, 0.2) is 18.3 Å². The van der Waals surface area contributed by atoms with E-state index >= 15 is 0 Å². The number of likely N-dealkylation sites (N-methyl/N-ethyl adjacent to an activating group) is 1. The van der Waals surface area contributed by atoms with Crippen LogP contribution in [-0.4, -0.2) is 43.4 Å². The molecule has 1 aromatic rings. The summed E-state index contributed by atoms with van der Waals surface area (Å²) in [6.07, 6.45) is 1.45. The molecule has 0 aliphatic carbocycles. The third-order valence-corrected chi connectivity index (χ3v) is 2.00. The van der Waals surface area contributed by atoms with E-state index in [1.165, 1.54) is 13.3 Å². The highest BCUT2D eigenvalue weighted by atomic mass is 16.5. The van der Waals surface area contributed by atoms with Crippen LogP contribution in [0, 0.1) is 0 Å². The molecule has 0 amide bonds. The first-order valence-corrected chi connectivity index (χ1v) is 4.55. The molecule has 1 aromatic heterocycles. The maximum absolute atomic E-state index is 11.1. The Morgan fingerprint density at radius 2 is 2.33 bits per heavy atom. The molecule has 0 radical (unpaired) electrons. The standard InChI is InChI=1S/C10H14N2O3/c1-12(5-6-13)9-4-3-8(7-11-9)10(14)15-2/h3-4,7,13H,5-6H2,1-2H3. The molecule has 0 saturated carbocycles. The Morgan fingerprint density at radius 3 is 2.80 bits per heavy atom. The molecule has 0 aliphatic rings. The summed E-state index contributed by atoms with van der Waals surface area (Å²) in [6.45, 7) is 0.571. The minimum Gasteiger partial charge on any atom is -0.465 e. The summed E-state index contributed by atoms with van der Waals surface area (Å²) < 4.78 is 4.55. The summed E-state index contributed by atoms with van der Waals surface area (Å²) in [5, 5.41) is 8.74. The van der Waals surface area contributed by atoms with Crippen LogP contribution < -0.4 is 4.90 Å². The number of carbonyl (C=O) groups is 1. The van der Waals surface area contributed by atoms with Crippen molar-refractivity contribution >= 4 is 11.8 Å². The van der Waals surface area contributed by atoms with Gasteiger partial charge in [0.15, 0.2) is 0 Å². The fraction of sp³-hybridized carbons (Fsp3) is 0.400. The number of anilines is 1. The lowest BCUT2D eigenvalue weighted by molar-refractivity contribution is 0.0600. The second-order valence-electron chi connectivity index (χ2n) is 3.04. The van der Waals surface area contributed by atoms with Crippen molar-refractivity contribution in [2.75, 3.05) is 32.2 Å². The van der Waals surface area contributed by atoms with Gasteiger partial charge in [0.1, 0.15) is 5.82 Å². The van der Waals surface area contributed by atoms with Crippen molar-refractivity contribution in [3.8, 4) is 0 Å². The molecule has 1 heterocycles. The zero-order valence-electron chi connectivity index (χ0n) is 8.80. The molecule has 0 unspecified atom stereocenters. The Morgan fingerprint density at radius 1 is 1.60 bits per heavy atom. The van der Waals surface area contributed by atoms with Gasteiger partial charge in [-0.05, 0) is 12.1 Å². The number of hydrogen-bond donors (Lipinski definition) is 1. The topological polar surface area (TPSA) is 62.7 Å². The second kappa shape index (κ2) is 5.31. The van der Waals surface area contributed by atoms with Crippen LogP contribution in [0.2, 0.25) is 0 Å². The van der Waals surface area contributed by atoms with E-state index < -0.39 is 5.97 Å². The summed E-state index contributed by atoms with van der Waals surface area (Å²) in [6, 6.07) is 3.35. The van der Waals surface area contributed by atoms with Gasteiger partial charge in [-0.25, -0.2) is 9.78 Å². The van der Waals surface area contributed by atoms with Gasteiger partial charge in [0.2, 0.25) is 0 Å². The van der Waals surface area contributed by atoms with E-state index in [-0.39, 0.29) is 6.61 Å². The van der Waals surface area contributed by atoms with E-state index in [0.717, 1.165) is 0 Å². The number of ether oxygens (including phenoxy) is 1. The van der Waals surface area contributed by atoms with E-state index in [1.54, 1.807) is 17.0 Å². The summed E-state index contributed by atoms with van der Waals surface area (Å²) >= 11 is 0. The maximum Gasteiger partial charge on any atom is 0.339 e. The number of methoxy groups -OCH3 is 1. The van der Waals surface area contributed by atoms with Crippen LogP contribution >= 0.6 is 0 Å². The number of rotatable bonds is 4. The second-order valence-corrected chi connectivity index (χ2v) is 3.04. The van der Waals surface area contributed by atoms with Crippen molar-refractivity contribution in [1.82, 2.24) is 4.98 Å². The average Bonchev–Trinajstić information content (AvgIpc) is 2.28. The third kappa shape index (κ3) is 2.92. The lowest BCUT2D eigenvalue weighted by atomic mass is 10.3. The normalized spacial score (nSPS) is 9.80. The molecule has 15 heavy (non-hydrogen) atoms. The van der Waals surface area contributed by atoms with Gasteiger partial charge in [0.05, 0.1) is 19.3 Å². The maximum atomic E-state index is 11.1. The average molecular weight is 210 g/mol. The van der Waals surface area contributed by atoms with E-state index in [2.05, 4.69) is 9.72 Å². The smallest absolute Gasteiger partial charge is 0.339 e. The molecule has 1 rings (SSSR count). The molecule has 5 heteroatoms. The fourth-order valence-corrected chi connectivity index (χ4v) is 1.12. The number of nitrogens with zero attached hydrogens (tertiary/aromatic N) is 2. The zero-order valence-corrected chi connectivity index (χ0v) is 8.80. The van der Waals surface area contributed by atoms with Crippen molar-refractivity contribution in [2.24, 2.45) is 0 Å². The highest BCUT2D eigenvalue weighted by Crippen LogP contribution is 2.09. The van der Waals surface area contributed by atoms with Gasteiger partial charge in [-0.15, -0.1) is 0 Å². The van der Waals surface area contributed by atoms with Gasteiger partial charge in [-0.2, -0.15) is 0 Å². The minimum absolute atomic E-state index is 0.0664. The first-order chi connectivity index (χ1) is 7.19. The Balaban J connectivity index is 2.76. The quantitative estimate of drug-likeness (QED) is 0.724. The van der Waals surface area contributed by atoms with Crippen molar-refractivity contribution in [3.63, 3.8) is 0 Å². The van der Waals surface area contributed by atoms with Crippen LogP contribution in [0.4, 0.5) is 5.82 Å². The number of carbonyl (C=O) groups excluding carboxylic acids is 1. The lowest BCUT2D eigenvalue weighted by Gasteiger charge is -2.16. The Labute approximate surface area is 88.3 Å². The van der Waals surface area contributed by atoms with Crippen LogP contribution in [0.5, 0.6) is 0 Å². The predicted octanol–water partition coefficient (Wildman–Crippen LogP) is 0.297. The van der Waals surface area contributed by atoms with Crippen LogP contribution in [0.1, 0.15) is 10.4 Å². The first-order valence-electron chi connectivity index (χ1n) is 4.55. The molecule has 82 valence electrons. The van der Waals surface area contributed by atoms with E-state index in [0.29, 0.717) is 17.9 Å². The number of pyridine rings is 1. The Bertz CT molecular complexity index is 324. The number of esters is 1. The first kappa shape index (κ1) is 11.5. The van der Waals surface area contributed by atoms with E-state index in [9.17, 15) is 4.79 Å². The minimum atomic E-state index is -0.404. The summed E-state index contributed by atoms with van der Waals surface area (Å²) in [4.78, 5) is 17.0. The highest BCUT2D eigenvalue weighted by Gasteiger charge is 2.06.